The van der Waals surface area contributed by atoms with Crippen molar-refractivity contribution < 1.29 is 19.0 Å². The van der Waals surface area contributed by atoms with E-state index in [4.69, 9.17) is 9.84 Å². The minimum absolute atomic E-state index is 0.301. The Kier molecular flexibility index (Phi) is 6.73. The number of amides is 1. The van der Waals surface area contributed by atoms with Gasteiger partial charge in [-0.05, 0) is 22.9 Å². The van der Waals surface area contributed by atoms with Crippen molar-refractivity contribution in [2.24, 2.45) is 15.4 Å². The third-order valence-electron chi connectivity index (χ3n) is 4.84. The molecule has 0 saturated carbocycles. The lowest BCUT2D eigenvalue weighted by molar-refractivity contribution is 0.102. The molecule has 12 heteroatoms. The molecule has 0 radical (unpaired) electrons. The van der Waals surface area contributed by atoms with Gasteiger partial charge in [0.25, 0.3) is 5.91 Å². The normalized spacial score (nSPS) is 15.3. The first-order chi connectivity index (χ1) is 15.7. The van der Waals surface area contributed by atoms with Crippen molar-refractivity contribution in [3.05, 3.63) is 47.5 Å². The highest BCUT2D eigenvalue weighted by Crippen LogP contribution is 2.35. The molecule has 1 saturated heterocycles. The van der Waals surface area contributed by atoms with Crippen LogP contribution in [0.1, 0.15) is 15.9 Å². The van der Waals surface area contributed by atoms with Crippen LogP contribution in [0.5, 0.6) is 0 Å². The van der Waals surface area contributed by atoms with Crippen LogP contribution in [-0.4, -0.2) is 66.7 Å². The number of anilines is 2. The van der Waals surface area contributed by atoms with Crippen molar-refractivity contribution >= 4 is 44.0 Å². The minimum Gasteiger partial charge on any atom is -0.400 e. The average Bonchev–Trinajstić information content (AvgIpc) is 3.51. The number of carbonyl (C=O) groups is 1. The molecular weight excluding hydrogens is 437 g/mol. The number of pyridine rings is 1. The van der Waals surface area contributed by atoms with Crippen LogP contribution in [0, 0.1) is 5.95 Å². The van der Waals surface area contributed by atoms with Gasteiger partial charge in [-0.2, -0.15) is 9.50 Å². The molecule has 2 aromatic heterocycles. The number of hydrogen-bond donors (Lipinski definition) is 2. The molecule has 0 aliphatic carbocycles. The Labute approximate surface area is 186 Å². The average molecular weight is 457 g/mol. The van der Waals surface area contributed by atoms with Gasteiger partial charge in [0.2, 0.25) is 5.95 Å². The fourth-order valence-electron chi connectivity index (χ4n) is 3.32. The van der Waals surface area contributed by atoms with Crippen LogP contribution in [0.2, 0.25) is 0 Å². The van der Waals surface area contributed by atoms with Gasteiger partial charge < -0.3 is 14.7 Å². The van der Waals surface area contributed by atoms with Gasteiger partial charge in [0.15, 0.2) is 5.13 Å². The molecule has 4 heterocycles. The van der Waals surface area contributed by atoms with Gasteiger partial charge in [-0.15, -0.1) is 5.10 Å². The van der Waals surface area contributed by atoms with Gasteiger partial charge in [0, 0.05) is 25.8 Å². The summed E-state index contributed by atoms with van der Waals surface area (Å²) in [6, 6.07) is 7.02. The van der Waals surface area contributed by atoms with Crippen LogP contribution in [0.15, 0.2) is 45.9 Å². The first kappa shape index (κ1) is 21.9. The summed E-state index contributed by atoms with van der Waals surface area (Å²) in [6.45, 7) is 2.66. The number of halogens is 1. The molecule has 2 aliphatic rings. The summed E-state index contributed by atoms with van der Waals surface area (Å²) in [7, 11) is 1.00. The lowest BCUT2D eigenvalue weighted by Crippen LogP contribution is -2.36. The molecule has 1 aromatic carbocycles. The van der Waals surface area contributed by atoms with Crippen molar-refractivity contribution in [3.8, 4) is 0 Å². The predicted octanol–water partition coefficient (Wildman–Crippen LogP) is 2.70. The summed E-state index contributed by atoms with van der Waals surface area (Å²) in [5.41, 5.74) is 3.06. The maximum atomic E-state index is 14.5. The van der Waals surface area contributed by atoms with Crippen molar-refractivity contribution in [1.82, 2.24) is 9.97 Å². The Hall–Kier alpha value is -3.35. The Balaban J connectivity index is 0.00000119. The number of hydrogen-bond acceptors (Lipinski definition) is 10. The topological polar surface area (TPSA) is 125 Å². The number of nitrogens with zero attached hydrogens (tertiary/aromatic N) is 6. The smallest absolute Gasteiger partial charge is 0.257 e. The second-order valence-electron chi connectivity index (χ2n) is 6.70. The lowest BCUT2D eigenvalue weighted by Gasteiger charge is -2.28. The highest BCUT2D eigenvalue weighted by Gasteiger charge is 2.22. The molecule has 0 bridgehead atoms. The van der Waals surface area contributed by atoms with Crippen molar-refractivity contribution in [3.63, 3.8) is 0 Å². The van der Waals surface area contributed by atoms with Gasteiger partial charge >= 0.3 is 0 Å². The third kappa shape index (κ3) is 4.47. The summed E-state index contributed by atoms with van der Waals surface area (Å²) in [5.74, 6) is -0.848. The minimum atomic E-state index is -0.546. The number of nitrogens with one attached hydrogen (secondary N) is 1. The van der Waals surface area contributed by atoms with E-state index >= 15 is 0 Å². The van der Waals surface area contributed by atoms with Crippen LogP contribution in [0.3, 0.4) is 0 Å². The van der Waals surface area contributed by atoms with Crippen LogP contribution in [0.4, 0.5) is 15.2 Å². The van der Waals surface area contributed by atoms with Gasteiger partial charge in [-0.3, -0.25) is 10.1 Å². The van der Waals surface area contributed by atoms with E-state index in [1.54, 1.807) is 24.3 Å². The fraction of sp³-hybridized carbons (Fsp3) is 0.300. The summed E-state index contributed by atoms with van der Waals surface area (Å²) >= 11 is 1.23. The quantitative estimate of drug-likeness (QED) is 0.581. The van der Waals surface area contributed by atoms with E-state index in [-0.39, 0.29) is 5.91 Å². The second kappa shape index (κ2) is 9.85. The second-order valence-corrected chi connectivity index (χ2v) is 7.70. The largest absolute Gasteiger partial charge is 0.400 e. The zero-order valence-corrected chi connectivity index (χ0v) is 18.0. The molecule has 2 aliphatic heterocycles. The zero-order chi connectivity index (χ0) is 22.5. The Morgan fingerprint density at radius 1 is 1.22 bits per heavy atom. The maximum Gasteiger partial charge on any atom is 0.257 e. The van der Waals surface area contributed by atoms with Gasteiger partial charge in [-0.1, -0.05) is 23.5 Å². The van der Waals surface area contributed by atoms with E-state index in [1.165, 1.54) is 17.5 Å². The molecule has 2 N–H and O–H groups in total. The monoisotopic (exact) mass is 457 g/mol. The molecule has 0 unspecified atom stereocenters. The van der Waals surface area contributed by atoms with Crippen LogP contribution in [0.25, 0.3) is 10.2 Å². The van der Waals surface area contributed by atoms with Crippen molar-refractivity contribution in [2.45, 2.75) is 0 Å². The number of aliphatic hydroxyl groups excluding tert-OH is 1. The molecule has 10 nitrogen and oxygen atoms in total. The Bertz CT molecular complexity index is 1170. The SMILES string of the molecule is CO.O=C(Nc1nc2cnc(F)c(N3CCOCC3)c2s1)c1ccc(C2=NN=NC2)cc1. The highest BCUT2D eigenvalue weighted by atomic mass is 32.1. The van der Waals surface area contributed by atoms with E-state index < -0.39 is 5.95 Å². The molecule has 3 aromatic rings. The summed E-state index contributed by atoms with van der Waals surface area (Å²) in [5, 5.41) is 21.5. The number of fused-ring (bicyclic) bond motifs is 1. The van der Waals surface area contributed by atoms with Crippen LogP contribution >= 0.6 is 11.3 Å². The van der Waals surface area contributed by atoms with E-state index in [9.17, 15) is 9.18 Å². The number of rotatable bonds is 4. The highest BCUT2D eigenvalue weighted by molar-refractivity contribution is 7.23. The number of carbonyl (C=O) groups excluding carboxylic acids is 1. The van der Waals surface area contributed by atoms with Gasteiger partial charge in [-0.25, -0.2) is 9.97 Å². The summed E-state index contributed by atoms with van der Waals surface area (Å²) in [6.07, 6.45) is 1.38. The van der Waals surface area contributed by atoms with Crippen LogP contribution < -0.4 is 10.2 Å². The zero-order valence-electron chi connectivity index (χ0n) is 17.2. The number of benzene rings is 1. The molecule has 1 amide bonds. The van der Waals surface area contributed by atoms with E-state index in [0.717, 1.165) is 18.4 Å². The fourth-order valence-corrected chi connectivity index (χ4v) is 4.32. The van der Waals surface area contributed by atoms with Crippen molar-refractivity contribution in [1.29, 1.82) is 0 Å². The molecule has 5 rings (SSSR count). The molecule has 166 valence electrons. The summed E-state index contributed by atoms with van der Waals surface area (Å²) < 4.78 is 20.5. The lowest BCUT2D eigenvalue weighted by atomic mass is 10.1. The van der Waals surface area contributed by atoms with E-state index in [1.807, 2.05) is 4.90 Å². The first-order valence-corrected chi connectivity index (χ1v) is 10.6. The number of morpholine rings is 1. The van der Waals surface area contributed by atoms with E-state index in [2.05, 4.69) is 30.7 Å². The molecule has 1 fully saturated rings. The first-order valence-electron chi connectivity index (χ1n) is 9.76. The number of aromatic nitrogens is 2. The van der Waals surface area contributed by atoms with Crippen LogP contribution in [-0.2, 0) is 4.74 Å². The maximum absolute atomic E-state index is 14.5. The van der Waals surface area contributed by atoms with Crippen molar-refractivity contribution in [2.75, 3.05) is 50.2 Å². The predicted molar refractivity (Wildman–Crippen MR) is 119 cm³/mol. The number of thiazole rings is 1. The molecule has 32 heavy (non-hydrogen) atoms. The molecule has 0 spiro atoms. The van der Waals surface area contributed by atoms with E-state index in [0.29, 0.717) is 59.4 Å². The molecule has 0 atom stereocenters. The molecular formula is C20H20FN7O3S. The van der Waals surface area contributed by atoms with Gasteiger partial charge in [0.05, 0.1) is 29.8 Å². The third-order valence-corrected chi connectivity index (χ3v) is 5.83. The standard InChI is InChI=1S/C19H16FN7O2S.CH4O/c20-17-15(27-5-7-29-8-6-27)16-14(9-21-17)23-19(30-16)24-18(28)12-3-1-11(2-4-12)13-10-22-26-25-13;1-2/h1-4,9H,5-8,10H2,(H,23,24,28);2H,1H3. The Morgan fingerprint density at radius 3 is 2.66 bits per heavy atom. The Morgan fingerprint density at radius 2 is 1.97 bits per heavy atom. The number of aliphatic hydroxyl groups is 1. The van der Waals surface area contributed by atoms with Gasteiger partial charge in [0.1, 0.15) is 17.7 Å². The number of ether oxygens (including phenoxy) is 1. The summed E-state index contributed by atoms with van der Waals surface area (Å²) in [4.78, 5) is 22.8.